The second-order valence-electron chi connectivity index (χ2n) is 2.90. The predicted molar refractivity (Wildman–Crippen MR) is 53.2 cm³/mol. The predicted octanol–water partition coefficient (Wildman–Crippen LogP) is 2.34. The summed E-state index contributed by atoms with van der Waals surface area (Å²) in [4.78, 5) is 0. The average Bonchev–Trinajstić information content (AvgIpc) is 2.14. The van der Waals surface area contributed by atoms with Crippen molar-refractivity contribution >= 4 is 0 Å². The number of hydrogen-bond acceptors (Lipinski definition) is 2. The summed E-state index contributed by atoms with van der Waals surface area (Å²) in [6.07, 6.45) is 5.03. The van der Waals surface area contributed by atoms with Crippen molar-refractivity contribution in [2.45, 2.75) is 59.0 Å². The lowest BCUT2D eigenvalue weighted by Crippen LogP contribution is -1.99. The molecule has 0 aromatic heterocycles. The summed E-state index contributed by atoms with van der Waals surface area (Å²) in [5, 5.41) is 16.9. The first-order valence-electron chi connectivity index (χ1n) is 5.01. The largest absolute Gasteiger partial charge is 0.396 e. The van der Waals surface area contributed by atoms with E-state index in [0.717, 1.165) is 25.7 Å². The van der Waals surface area contributed by atoms with E-state index in [0.29, 0.717) is 6.61 Å². The van der Waals surface area contributed by atoms with Crippen LogP contribution in [0, 0.1) is 0 Å². The van der Waals surface area contributed by atoms with Gasteiger partial charge in [-0.25, -0.2) is 0 Å². The Morgan fingerprint density at radius 3 is 1.58 bits per heavy atom. The normalized spacial score (nSPS) is 9.50. The van der Waals surface area contributed by atoms with Crippen molar-refractivity contribution in [3.8, 4) is 0 Å². The fourth-order valence-electron chi connectivity index (χ4n) is 0.650. The van der Waals surface area contributed by atoms with Gasteiger partial charge < -0.3 is 10.2 Å². The van der Waals surface area contributed by atoms with Crippen LogP contribution in [0.15, 0.2) is 0 Å². The van der Waals surface area contributed by atoms with Crippen molar-refractivity contribution in [1.82, 2.24) is 0 Å². The highest BCUT2D eigenvalue weighted by molar-refractivity contribution is 4.43. The van der Waals surface area contributed by atoms with Crippen LogP contribution in [0.4, 0.5) is 0 Å². The molecular formula is C10H24O2. The molecule has 0 atom stereocenters. The van der Waals surface area contributed by atoms with Gasteiger partial charge in [0.05, 0.1) is 6.10 Å². The van der Waals surface area contributed by atoms with Gasteiger partial charge >= 0.3 is 0 Å². The highest BCUT2D eigenvalue weighted by Gasteiger charge is 1.90. The summed E-state index contributed by atoms with van der Waals surface area (Å²) in [5.41, 5.74) is 0. The van der Waals surface area contributed by atoms with Crippen LogP contribution in [0.5, 0.6) is 0 Å². The molecule has 0 aliphatic heterocycles. The van der Waals surface area contributed by atoms with E-state index in [9.17, 15) is 0 Å². The molecule has 0 unspecified atom stereocenters. The Bertz CT molecular complexity index is 56.9. The standard InChI is InChI=1S/2C5H12O/c1-3-5(6)4-2;1-2-3-4-5-6/h5-6H,3-4H2,1-2H3;6H,2-5H2,1H3. The van der Waals surface area contributed by atoms with Gasteiger partial charge in [0, 0.05) is 6.61 Å². The molecule has 0 spiro atoms. The number of aliphatic hydroxyl groups excluding tert-OH is 2. The highest BCUT2D eigenvalue weighted by Crippen LogP contribution is 1.92. The number of aliphatic hydroxyl groups is 2. The Hall–Kier alpha value is -0.0800. The number of rotatable bonds is 5. The molecule has 0 saturated carbocycles. The summed E-state index contributed by atoms with van der Waals surface area (Å²) in [6.45, 7) is 6.44. The highest BCUT2D eigenvalue weighted by atomic mass is 16.3. The minimum Gasteiger partial charge on any atom is -0.396 e. The SMILES string of the molecule is CCC(O)CC.CCCCCO. The topological polar surface area (TPSA) is 40.5 Å². The van der Waals surface area contributed by atoms with Crippen molar-refractivity contribution in [1.29, 1.82) is 0 Å². The van der Waals surface area contributed by atoms with Gasteiger partial charge in [0.15, 0.2) is 0 Å². The van der Waals surface area contributed by atoms with E-state index < -0.39 is 0 Å². The third kappa shape index (κ3) is 16.5. The van der Waals surface area contributed by atoms with E-state index in [1.807, 2.05) is 13.8 Å². The summed E-state index contributed by atoms with van der Waals surface area (Å²) in [6, 6.07) is 0. The summed E-state index contributed by atoms with van der Waals surface area (Å²) in [5.74, 6) is 0. The van der Waals surface area contributed by atoms with Crippen molar-refractivity contribution in [3.05, 3.63) is 0 Å². The molecule has 0 aliphatic carbocycles. The molecule has 0 heterocycles. The van der Waals surface area contributed by atoms with Crippen molar-refractivity contribution in [2.75, 3.05) is 6.61 Å². The van der Waals surface area contributed by atoms with Gasteiger partial charge in [-0.2, -0.15) is 0 Å². The van der Waals surface area contributed by atoms with Gasteiger partial charge in [0.1, 0.15) is 0 Å². The zero-order valence-corrected chi connectivity index (χ0v) is 8.71. The molecule has 0 saturated heterocycles. The maximum atomic E-state index is 8.67. The van der Waals surface area contributed by atoms with Gasteiger partial charge in [0.2, 0.25) is 0 Å². The second-order valence-corrected chi connectivity index (χ2v) is 2.90. The van der Waals surface area contributed by atoms with Crippen LogP contribution in [-0.4, -0.2) is 22.9 Å². The van der Waals surface area contributed by atoms with E-state index in [4.69, 9.17) is 10.2 Å². The van der Waals surface area contributed by atoms with Gasteiger partial charge in [-0.1, -0.05) is 33.6 Å². The zero-order valence-electron chi connectivity index (χ0n) is 8.71. The van der Waals surface area contributed by atoms with Crippen molar-refractivity contribution in [2.24, 2.45) is 0 Å². The maximum absolute atomic E-state index is 8.67. The molecule has 12 heavy (non-hydrogen) atoms. The summed E-state index contributed by atoms with van der Waals surface area (Å²) < 4.78 is 0. The molecule has 2 nitrogen and oxygen atoms in total. The summed E-state index contributed by atoms with van der Waals surface area (Å²) >= 11 is 0. The van der Waals surface area contributed by atoms with Gasteiger partial charge in [-0.3, -0.25) is 0 Å². The lowest BCUT2D eigenvalue weighted by molar-refractivity contribution is 0.166. The lowest BCUT2D eigenvalue weighted by atomic mass is 10.2. The van der Waals surface area contributed by atoms with Crippen LogP contribution in [0.1, 0.15) is 52.9 Å². The third-order valence-electron chi connectivity index (χ3n) is 1.70. The van der Waals surface area contributed by atoms with E-state index in [1.54, 1.807) is 0 Å². The van der Waals surface area contributed by atoms with Crippen LogP contribution in [0.2, 0.25) is 0 Å². The second kappa shape index (κ2) is 13.5. The fraction of sp³-hybridized carbons (Fsp3) is 1.00. The molecule has 0 amide bonds. The molecule has 0 fully saturated rings. The van der Waals surface area contributed by atoms with Crippen molar-refractivity contribution < 1.29 is 10.2 Å². The molecule has 0 aromatic carbocycles. The van der Waals surface area contributed by atoms with Crippen LogP contribution < -0.4 is 0 Å². The Morgan fingerprint density at radius 2 is 1.50 bits per heavy atom. The fourth-order valence-corrected chi connectivity index (χ4v) is 0.650. The first kappa shape index (κ1) is 14.4. The molecule has 0 bridgehead atoms. The summed E-state index contributed by atoms with van der Waals surface area (Å²) in [7, 11) is 0. The molecule has 0 radical (unpaired) electrons. The average molecular weight is 176 g/mol. The molecule has 0 aromatic rings. The first-order valence-corrected chi connectivity index (χ1v) is 5.01. The molecule has 76 valence electrons. The first-order chi connectivity index (χ1) is 5.72. The van der Waals surface area contributed by atoms with Gasteiger partial charge in [0.25, 0.3) is 0 Å². The van der Waals surface area contributed by atoms with Crippen LogP contribution in [-0.2, 0) is 0 Å². The van der Waals surface area contributed by atoms with Crippen molar-refractivity contribution in [3.63, 3.8) is 0 Å². The minimum absolute atomic E-state index is 0.0648. The zero-order chi connectivity index (χ0) is 9.82. The number of hydrogen-bond donors (Lipinski definition) is 2. The van der Waals surface area contributed by atoms with Crippen LogP contribution in [0.3, 0.4) is 0 Å². The monoisotopic (exact) mass is 176 g/mol. The molecular weight excluding hydrogens is 152 g/mol. The third-order valence-corrected chi connectivity index (χ3v) is 1.70. The van der Waals surface area contributed by atoms with E-state index in [-0.39, 0.29) is 6.10 Å². The van der Waals surface area contributed by atoms with E-state index in [1.165, 1.54) is 6.42 Å². The molecule has 2 N–H and O–H groups in total. The van der Waals surface area contributed by atoms with E-state index >= 15 is 0 Å². The number of unbranched alkanes of at least 4 members (excludes halogenated alkanes) is 2. The Morgan fingerprint density at radius 1 is 1.00 bits per heavy atom. The van der Waals surface area contributed by atoms with Crippen LogP contribution in [0.25, 0.3) is 0 Å². The molecule has 0 aliphatic rings. The Balaban J connectivity index is 0. The minimum atomic E-state index is -0.0648. The quantitative estimate of drug-likeness (QED) is 0.631. The molecule has 2 heteroatoms. The molecule has 0 rings (SSSR count). The van der Waals surface area contributed by atoms with Gasteiger partial charge in [-0.05, 0) is 19.3 Å². The van der Waals surface area contributed by atoms with Gasteiger partial charge in [-0.15, -0.1) is 0 Å². The smallest absolute Gasteiger partial charge is 0.0535 e. The maximum Gasteiger partial charge on any atom is 0.0535 e. The van der Waals surface area contributed by atoms with Crippen LogP contribution >= 0.6 is 0 Å². The lowest BCUT2D eigenvalue weighted by Gasteiger charge is -1.98. The Labute approximate surface area is 76.6 Å². The Kier molecular flexibility index (Phi) is 16.3. The van der Waals surface area contributed by atoms with E-state index in [2.05, 4.69) is 6.92 Å².